The number of carboxylic acids is 1. The normalized spacial score (nSPS) is 11.9. The predicted molar refractivity (Wildman–Crippen MR) is 76.6 cm³/mol. The summed E-state index contributed by atoms with van der Waals surface area (Å²) in [7, 11) is 0. The van der Waals surface area contributed by atoms with Gasteiger partial charge in [-0.25, -0.2) is 4.79 Å². The first-order valence-electron chi connectivity index (χ1n) is 6.23. The molecule has 0 aliphatic heterocycles. The summed E-state index contributed by atoms with van der Waals surface area (Å²) in [5.41, 5.74) is 3.50. The Morgan fingerprint density at radius 1 is 1.16 bits per heavy atom. The van der Waals surface area contributed by atoms with Crippen LogP contribution in [0.3, 0.4) is 0 Å². The summed E-state index contributed by atoms with van der Waals surface area (Å²) in [6.07, 6.45) is 0. The minimum absolute atomic E-state index is 0.129. The smallest absolute Gasteiger partial charge is 0.335 e. The molecule has 3 heteroatoms. The Hall–Kier alpha value is -2.29. The molecule has 0 aliphatic carbocycles. The summed E-state index contributed by atoms with van der Waals surface area (Å²) in [6.45, 7) is 4.11. The molecule has 0 bridgehead atoms. The minimum Gasteiger partial charge on any atom is -0.478 e. The van der Waals surface area contributed by atoms with Crippen molar-refractivity contribution in [3.8, 4) is 0 Å². The molecular weight excluding hydrogens is 238 g/mol. The maximum Gasteiger partial charge on any atom is 0.335 e. The summed E-state index contributed by atoms with van der Waals surface area (Å²) in [6, 6.07) is 15.2. The summed E-state index contributed by atoms with van der Waals surface area (Å²) in [5.74, 6) is -0.910. The lowest BCUT2D eigenvalue weighted by atomic mass is 10.1. The Labute approximate surface area is 112 Å². The van der Waals surface area contributed by atoms with Crippen LogP contribution in [-0.2, 0) is 0 Å². The van der Waals surface area contributed by atoms with Crippen LogP contribution in [0.4, 0.5) is 5.69 Å². The van der Waals surface area contributed by atoms with Gasteiger partial charge in [-0.2, -0.15) is 0 Å². The van der Waals surface area contributed by atoms with Crippen LogP contribution in [0.15, 0.2) is 48.5 Å². The molecule has 2 N–H and O–H groups in total. The molecule has 0 saturated carbocycles. The molecule has 0 heterocycles. The number of aryl methyl sites for hydroxylation is 1. The summed E-state index contributed by atoms with van der Waals surface area (Å²) in [4.78, 5) is 10.9. The van der Waals surface area contributed by atoms with Crippen LogP contribution >= 0.6 is 0 Å². The van der Waals surface area contributed by atoms with E-state index in [1.54, 1.807) is 18.2 Å². The van der Waals surface area contributed by atoms with Crippen molar-refractivity contribution in [2.24, 2.45) is 0 Å². The third kappa shape index (κ3) is 3.35. The highest BCUT2D eigenvalue weighted by Crippen LogP contribution is 2.20. The zero-order valence-corrected chi connectivity index (χ0v) is 11.1. The van der Waals surface area contributed by atoms with Crippen molar-refractivity contribution in [2.45, 2.75) is 19.9 Å². The number of benzene rings is 2. The van der Waals surface area contributed by atoms with Gasteiger partial charge in [0, 0.05) is 11.7 Å². The van der Waals surface area contributed by atoms with Gasteiger partial charge in [0.15, 0.2) is 0 Å². The SMILES string of the molecule is Cc1cccc(C(C)Nc2cccc(C(=O)O)c2)c1. The third-order valence-corrected chi connectivity index (χ3v) is 3.03. The molecule has 19 heavy (non-hydrogen) atoms. The van der Waals surface area contributed by atoms with E-state index in [-0.39, 0.29) is 6.04 Å². The highest BCUT2D eigenvalue weighted by Gasteiger charge is 2.07. The van der Waals surface area contributed by atoms with E-state index >= 15 is 0 Å². The monoisotopic (exact) mass is 255 g/mol. The van der Waals surface area contributed by atoms with Crippen molar-refractivity contribution in [1.29, 1.82) is 0 Å². The van der Waals surface area contributed by atoms with E-state index in [1.165, 1.54) is 11.1 Å². The van der Waals surface area contributed by atoms with Gasteiger partial charge >= 0.3 is 5.97 Å². The zero-order valence-electron chi connectivity index (χ0n) is 11.1. The van der Waals surface area contributed by atoms with Gasteiger partial charge in [-0.3, -0.25) is 0 Å². The van der Waals surface area contributed by atoms with Gasteiger partial charge in [0.05, 0.1) is 5.56 Å². The lowest BCUT2D eigenvalue weighted by Gasteiger charge is -2.16. The summed E-state index contributed by atoms with van der Waals surface area (Å²) < 4.78 is 0. The molecule has 0 saturated heterocycles. The first kappa shape index (κ1) is 13.1. The van der Waals surface area contributed by atoms with E-state index in [0.717, 1.165) is 5.69 Å². The fraction of sp³-hybridized carbons (Fsp3) is 0.188. The standard InChI is InChI=1S/C16H17NO2/c1-11-5-3-6-13(9-11)12(2)17-15-8-4-7-14(10-15)16(18)19/h3-10,12,17H,1-2H3,(H,18,19). The molecule has 3 nitrogen and oxygen atoms in total. The Balaban J connectivity index is 2.17. The average Bonchev–Trinajstić information content (AvgIpc) is 2.39. The number of aromatic carboxylic acids is 1. The maximum absolute atomic E-state index is 10.9. The summed E-state index contributed by atoms with van der Waals surface area (Å²) in [5, 5.41) is 12.3. The van der Waals surface area contributed by atoms with Crippen LogP contribution in [0.5, 0.6) is 0 Å². The van der Waals surface area contributed by atoms with Crippen LogP contribution in [0.25, 0.3) is 0 Å². The first-order valence-corrected chi connectivity index (χ1v) is 6.23. The van der Waals surface area contributed by atoms with Gasteiger partial charge in [-0.15, -0.1) is 0 Å². The quantitative estimate of drug-likeness (QED) is 0.872. The molecule has 2 aromatic rings. The van der Waals surface area contributed by atoms with Gasteiger partial charge in [-0.1, -0.05) is 35.9 Å². The Kier molecular flexibility index (Phi) is 3.85. The minimum atomic E-state index is -0.910. The Bertz CT molecular complexity index is 593. The molecule has 0 radical (unpaired) electrons. The number of carbonyl (C=O) groups is 1. The van der Waals surface area contributed by atoms with Crippen molar-refractivity contribution in [3.63, 3.8) is 0 Å². The second-order valence-electron chi connectivity index (χ2n) is 4.67. The van der Waals surface area contributed by atoms with E-state index in [1.807, 2.05) is 12.1 Å². The van der Waals surface area contributed by atoms with Gasteiger partial charge in [0.1, 0.15) is 0 Å². The van der Waals surface area contributed by atoms with Crippen LogP contribution in [0, 0.1) is 6.92 Å². The van der Waals surface area contributed by atoms with Crippen molar-refractivity contribution in [1.82, 2.24) is 0 Å². The van der Waals surface area contributed by atoms with Gasteiger partial charge in [0.2, 0.25) is 0 Å². The number of rotatable bonds is 4. The molecule has 0 aliphatic rings. The fourth-order valence-corrected chi connectivity index (χ4v) is 2.01. The molecule has 1 unspecified atom stereocenters. The topological polar surface area (TPSA) is 49.3 Å². The second kappa shape index (κ2) is 5.57. The van der Waals surface area contributed by atoms with E-state index in [4.69, 9.17) is 5.11 Å². The molecule has 0 aromatic heterocycles. The number of anilines is 1. The van der Waals surface area contributed by atoms with Crippen LogP contribution in [0.1, 0.15) is 34.5 Å². The van der Waals surface area contributed by atoms with Gasteiger partial charge in [-0.05, 0) is 37.6 Å². The Morgan fingerprint density at radius 2 is 1.89 bits per heavy atom. The molecule has 2 aromatic carbocycles. The van der Waals surface area contributed by atoms with E-state index < -0.39 is 5.97 Å². The zero-order chi connectivity index (χ0) is 13.8. The molecule has 0 fully saturated rings. The van der Waals surface area contributed by atoms with Gasteiger partial charge in [0.25, 0.3) is 0 Å². The van der Waals surface area contributed by atoms with Crippen LogP contribution in [0.2, 0.25) is 0 Å². The second-order valence-corrected chi connectivity index (χ2v) is 4.67. The van der Waals surface area contributed by atoms with E-state index in [9.17, 15) is 4.79 Å². The van der Waals surface area contributed by atoms with Crippen LogP contribution < -0.4 is 5.32 Å². The van der Waals surface area contributed by atoms with Crippen molar-refractivity contribution in [2.75, 3.05) is 5.32 Å². The lowest BCUT2D eigenvalue weighted by Crippen LogP contribution is -2.07. The lowest BCUT2D eigenvalue weighted by molar-refractivity contribution is 0.0697. The van der Waals surface area contributed by atoms with Crippen molar-refractivity contribution >= 4 is 11.7 Å². The Morgan fingerprint density at radius 3 is 2.58 bits per heavy atom. The van der Waals surface area contributed by atoms with Crippen molar-refractivity contribution < 1.29 is 9.90 Å². The van der Waals surface area contributed by atoms with Gasteiger partial charge < -0.3 is 10.4 Å². The highest BCUT2D eigenvalue weighted by atomic mass is 16.4. The molecule has 98 valence electrons. The number of carboxylic acid groups (broad SMARTS) is 1. The molecule has 2 rings (SSSR count). The molecule has 0 amide bonds. The van der Waals surface area contributed by atoms with E-state index in [2.05, 4.69) is 37.4 Å². The fourth-order valence-electron chi connectivity index (χ4n) is 2.01. The first-order chi connectivity index (χ1) is 9.06. The van der Waals surface area contributed by atoms with Crippen molar-refractivity contribution in [3.05, 3.63) is 65.2 Å². The largest absolute Gasteiger partial charge is 0.478 e. The highest BCUT2D eigenvalue weighted by molar-refractivity contribution is 5.88. The number of nitrogens with one attached hydrogen (secondary N) is 1. The number of hydrogen-bond donors (Lipinski definition) is 2. The van der Waals surface area contributed by atoms with E-state index in [0.29, 0.717) is 5.56 Å². The third-order valence-electron chi connectivity index (χ3n) is 3.03. The predicted octanol–water partition coefficient (Wildman–Crippen LogP) is 3.87. The molecular formula is C16H17NO2. The molecule has 1 atom stereocenters. The molecule has 0 spiro atoms. The summed E-state index contributed by atoms with van der Waals surface area (Å²) >= 11 is 0. The maximum atomic E-state index is 10.9. The van der Waals surface area contributed by atoms with Crippen LogP contribution in [-0.4, -0.2) is 11.1 Å². The average molecular weight is 255 g/mol. The number of hydrogen-bond acceptors (Lipinski definition) is 2.